The highest BCUT2D eigenvalue weighted by Gasteiger charge is 2.28. The SMILES string of the molecule is CCCCC(=O)C(F)C(=O)C(C)CC. The van der Waals surface area contributed by atoms with Crippen LogP contribution in [0.5, 0.6) is 0 Å². The minimum absolute atomic E-state index is 0.180. The molecule has 0 saturated carbocycles. The molecule has 0 aliphatic heterocycles. The predicted molar refractivity (Wildman–Crippen MR) is 53.9 cm³/mol. The second-order valence-electron chi connectivity index (χ2n) is 3.64. The van der Waals surface area contributed by atoms with Gasteiger partial charge in [0.15, 0.2) is 11.6 Å². The lowest BCUT2D eigenvalue weighted by Gasteiger charge is -2.10. The zero-order valence-corrected chi connectivity index (χ0v) is 9.18. The summed E-state index contributed by atoms with van der Waals surface area (Å²) in [5.74, 6) is -1.47. The molecule has 14 heavy (non-hydrogen) atoms. The second-order valence-corrected chi connectivity index (χ2v) is 3.64. The van der Waals surface area contributed by atoms with Crippen LogP contribution in [0, 0.1) is 5.92 Å². The van der Waals surface area contributed by atoms with Crippen molar-refractivity contribution in [2.24, 2.45) is 5.92 Å². The summed E-state index contributed by atoms with van der Waals surface area (Å²) >= 11 is 0. The van der Waals surface area contributed by atoms with Crippen molar-refractivity contribution in [1.29, 1.82) is 0 Å². The summed E-state index contributed by atoms with van der Waals surface area (Å²) in [6.07, 6.45) is 0.375. The molecule has 0 aromatic heterocycles. The van der Waals surface area contributed by atoms with E-state index < -0.39 is 17.7 Å². The van der Waals surface area contributed by atoms with Gasteiger partial charge in [0.1, 0.15) is 0 Å². The van der Waals surface area contributed by atoms with Gasteiger partial charge in [-0.3, -0.25) is 9.59 Å². The average Bonchev–Trinajstić information content (AvgIpc) is 2.22. The maximum Gasteiger partial charge on any atom is 0.216 e. The number of halogens is 1. The molecule has 0 heterocycles. The lowest BCUT2D eigenvalue weighted by Crippen LogP contribution is -2.30. The molecule has 0 aromatic rings. The van der Waals surface area contributed by atoms with Crippen LogP contribution < -0.4 is 0 Å². The topological polar surface area (TPSA) is 34.1 Å². The minimum atomic E-state index is -1.89. The number of rotatable bonds is 7. The first kappa shape index (κ1) is 13.3. The van der Waals surface area contributed by atoms with E-state index >= 15 is 0 Å². The molecular formula is C11H19FO2. The molecule has 0 aliphatic rings. The summed E-state index contributed by atoms with van der Waals surface area (Å²) in [6.45, 7) is 5.39. The molecule has 0 fully saturated rings. The molecule has 0 aliphatic carbocycles. The van der Waals surface area contributed by atoms with E-state index in [1.807, 2.05) is 13.8 Å². The molecule has 0 rings (SSSR count). The van der Waals surface area contributed by atoms with Crippen LogP contribution in [-0.4, -0.2) is 17.7 Å². The number of carbonyl (C=O) groups excluding carboxylic acids is 2. The van der Waals surface area contributed by atoms with Crippen molar-refractivity contribution in [3.05, 3.63) is 0 Å². The van der Waals surface area contributed by atoms with Gasteiger partial charge in [0.25, 0.3) is 0 Å². The van der Waals surface area contributed by atoms with Gasteiger partial charge in [0.2, 0.25) is 6.17 Å². The fourth-order valence-corrected chi connectivity index (χ4v) is 1.09. The van der Waals surface area contributed by atoms with Crippen LogP contribution in [0.4, 0.5) is 4.39 Å². The third-order valence-electron chi connectivity index (χ3n) is 2.41. The van der Waals surface area contributed by atoms with Gasteiger partial charge in [-0.15, -0.1) is 0 Å². The number of unbranched alkanes of at least 4 members (excludes halogenated alkanes) is 1. The van der Waals surface area contributed by atoms with E-state index in [4.69, 9.17) is 0 Å². The largest absolute Gasteiger partial charge is 0.296 e. The van der Waals surface area contributed by atoms with Crippen molar-refractivity contribution in [3.63, 3.8) is 0 Å². The first-order valence-electron chi connectivity index (χ1n) is 5.25. The fraction of sp³-hybridized carbons (Fsp3) is 0.818. The summed E-state index contributed by atoms with van der Waals surface area (Å²) in [5, 5.41) is 0. The zero-order chi connectivity index (χ0) is 11.1. The maximum absolute atomic E-state index is 13.3. The van der Waals surface area contributed by atoms with Gasteiger partial charge >= 0.3 is 0 Å². The van der Waals surface area contributed by atoms with Crippen LogP contribution in [0.15, 0.2) is 0 Å². The third kappa shape index (κ3) is 3.99. The van der Waals surface area contributed by atoms with Gasteiger partial charge in [-0.2, -0.15) is 0 Å². The number of Topliss-reactive ketones (excluding diaryl/α,β-unsaturated/α-hetero) is 2. The van der Waals surface area contributed by atoms with Crippen molar-refractivity contribution < 1.29 is 14.0 Å². The quantitative estimate of drug-likeness (QED) is 0.595. The van der Waals surface area contributed by atoms with Crippen molar-refractivity contribution in [3.8, 4) is 0 Å². The summed E-state index contributed by atoms with van der Waals surface area (Å²) in [5.41, 5.74) is 0. The molecular weight excluding hydrogens is 183 g/mol. The predicted octanol–water partition coefficient (Wildman–Crippen LogP) is 2.70. The lowest BCUT2D eigenvalue weighted by molar-refractivity contribution is -0.136. The van der Waals surface area contributed by atoms with E-state index in [1.165, 1.54) is 0 Å². The van der Waals surface area contributed by atoms with Crippen LogP contribution >= 0.6 is 0 Å². The standard InChI is InChI=1S/C11H19FO2/c1-4-6-7-9(13)10(12)11(14)8(3)5-2/h8,10H,4-7H2,1-3H3. The minimum Gasteiger partial charge on any atom is -0.296 e. The summed E-state index contributed by atoms with van der Waals surface area (Å²) in [4.78, 5) is 22.5. The van der Waals surface area contributed by atoms with E-state index in [0.29, 0.717) is 12.8 Å². The molecule has 0 radical (unpaired) electrons. The molecule has 82 valence electrons. The Morgan fingerprint density at radius 1 is 1.29 bits per heavy atom. The molecule has 0 bridgehead atoms. The number of ketones is 2. The fourth-order valence-electron chi connectivity index (χ4n) is 1.09. The molecule has 2 nitrogen and oxygen atoms in total. The molecule has 0 saturated heterocycles. The normalized spacial score (nSPS) is 14.9. The molecule has 0 aromatic carbocycles. The molecule has 0 amide bonds. The number of hydrogen-bond donors (Lipinski definition) is 0. The van der Waals surface area contributed by atoms with Gasteiger partial charge in [-0.05, 0) is 12.8 Å². The molecule has 0 N–H and O–H groups in total. The van der Waals surface area contributed by atoms with Crippen molar-refractivity contribution in [2.75, 3.05) is 0 Å². The first-order valence-corrected chi connectivity index (χ1v) is 5.25. The van der Waals surface area contributed by atoms with Crippen LogP contribution in [0.1, 0.15) is 46.5 Å². The Morgan fingerprint density at radius 2 is 1.86 bits per heavy atom. The Balaban J connectivity index is 4.10. The Labute approximate surface area is 84.9 Å². The Bertz CT molecular complexity index is 201. The van der Waals surface area contributed by atoms with Gasteiger partial charge < -0.3 is 0 Å². The van der Waals surface area contributed by atoms with Crippen molar-refractivity contribution in [2.45, 2.75) is 52.6 Å². The number of carbonyl (C=O) groups is 2. The Morgan fingerprint density at radius 3 is 2.29 bits per heavy atom. The van der Waals surface area contributed by atoms with Crippen LogP contribution in [0.3, 0.4) is 0 Å². The average molecular weight is 202 g/mol. The zero-order valence-electron chi connectivity index (χ0n) is 9.18. The van der Waals surface area contributed by atoms with Gasteiger partial charge in [0, 0.05) is 12.3 Å². The first-order chi connectivity index (χ1) is 6.54. The summed E-state index contributed by atoms with van der Waals surface area (Å²) in [6, 6.07) is 0. The molecule has 2 atom stereocenters. The Hall–Kier alpha value is -0.730. The monoisotopic (exact) mass is 202 g/mol. The van der Waals surface area contributed by atoms with E-state index in [-0.39, 0.29) is 12.3 Å². The van der Waals surface area contributed by atoms with Crippen molar-refractivity contribution >= 4 is 11.6 Å². The molecule has 3 heteroatoms. The van der Waals surface area contributed by atoms with E-state index in [1.54, 1.807) is 6.92 Å². The summed E-state index contributed by atoms with van der Waals surface area (Å²) in [7, 11) is 0. The number of alkyl halides is 1. The van der Waals surface area contributed by atoms with Crippen LogP contribution in [-0.2, 0) is 9.59 Å². The van der Waals surface area contributed by atoms with Gasteiger partial charge in [0.05, 0.1) is 0 Å². The third-order valence-corrected chi connectivity index (χ3v) is 2.41. The highest BCUT2D eigenvalue weighted by molar-refractivity contribution is 6.05. The Kier molecular flexibility index (Phi) is 6.34. The smallest absolute Gasteiger partial charge is 0.216 e. The second kappa shape index (κ2) is 6.68. The van der Waals surface area contributed by atoms with Gasteiger partial charge in [-0.1, -0.05) is 27.2 Å². The van der Waals surface area contributed by atoms with E-state index in [2.05, 4.69) is 0 Å². The molecule has 0 spiro atoms. The maximum atomic E-state index is 13.3. The number of hydrogen-bond acceptors (Lipinski definition) is 2. The van der Waals surface area contributed by atoms with E-state index in [0.717, 1.165) is 6.42 Å². The van der Waals surface area contributed by atoms with Crippen LogP contribution in [0.2, 0.25) is 0 Å². The van der Waals surface area contributed by atoms with E-state index in [9.17, 15) is 14.0 Å². The van der Waals surface area contributed by atoms with Crippen LogP contribution in [0.25, 0.3) is 0 Å². The summed E-state index contributed by atoms with van der Waals surface area (Å²) < 4.78 is 13.3. The van der Waals surface area contributed by atoms with Gasteiger partial charge in [-0.25, -0.2) is 4.39 Å². The lowest BCUT2D eigenvalue weighted by atomic mass is 9.96. The highest BCUT2D eigenvalue weighted by Crippen LogP contribution is 2.11. The highest BCUT2D eigenvalue weighted by atomic mass is 19.1. The van der Waals surface area contributed by atoms with Crippen molar-refractivity contribution in [1.82, 2.24) is 0 Å². The molecule has 2 unspecified atom stereocenters.